The molecule has 4 N–H and O–H groups in total. The standard InChI is InChI=1S/C13H18N2O5S/c1-2-21(19,20)10-5-3-9(4-6-10)11(14)7-12(16)15-8-13(17)18/h3-6,11H,2,7-8,14H2,1H3,(H,15,16)(H,17,18)/t11-/m0/s1. The molecular formula is C13H18N2O5S. The fourth-order valence-electron chi connectivity index (χ4n) is 1.65. The highest BCUT2D eigenvalue weighted by Gasteiger charge is 2.15. The van der Waals surface area contributed by atoms with Crippen LogP contribution in [0.25, 0.3) is 0 Å². The largest absolute Gasteiger partial charge is 0.480 e. The molecule has 1 atom stereocenters. The molecule has 0 aliphatic rings. The van der Waals surface area contributed by atoms with Gasteiger partial charge in [-0.25, -0.2) is 8.42 Å². The number of carboxylic acids is 1. The molecule has 21 heavy (non-hydrogen) atoms. The van der Waals surface area contributed by atoms with Crippen molar-refractivity contribution in [3.8, 4) is 0 Å². The Kier molecular flexibility index (Phi) is 5.86. The minimum atomic E-state index is -3.27. The summed E-state index contributed by atoms with van der Waals surface area (Å²) in [6, 6.07) is 5.37. The van der Waals surface area contributed by atoms with Crippen molar-refractivity contribution < 1.29 is 23.1 Å². The van der Waals surface area contributed by atoms with Gasteiger partial charge in [-0.05, 0) is 17.7 Å². The number of carbonyl (C=O) groups is 2. The molecule has 1 rings (SSSR count). The van der Waals surface area contributed by atoms with E-state index in [4.69, 9.17) is 10.8 Å². The lowest BCUT2D eigenvalue weighted by Gasteiger charge is -2.12. The molecule has 1 amide bonds. The highest BCUT2D eigenvalue weighted by atomic mass is 32.2. The van der Waals surface area contributed by atoms with Crippen LogP contribution in [0.2, 0.25) is 0 Å². The van der Waals surface area contributed by atoms with Crippen LogP contribution in [0.15, 0.2) is 29.2 Å². The van der Waals surface area contributed by atoms with Crippen LogP contribution in [0, 0.1) is 0 Å². The third-order valence-corrected chi connectivity index (χ3v) is 4.64. The maximum absolute atomic E-state index is 11.7. The number of benzene rings is 1. The maximum Gasteiger partial charge on any atom is 0.322 e. The molecular weight excluding hydrogens is 296 g/mol. The first-order valence-electron chi connectivity index (χ1n) is 6.33. The molecule has 0 radical (unpaired) electrons. The van der Waals surface area contributed by atoms with Gasteiger partial charge in [-0.3, -0.25) is 9.59 Å². The molecule has 0 spiro atoms. The van der Waals surface area contributed by atoms with E-state index in [2.05, 4.69) is 5.32 Å². The number of carboxylic acid groups (broad SMARTS) is 1. The number of nitrogens with two attached hydrogens (primary N) is 1. The van der Waals surface area contributed by atoms with Crippen LogP contribution in [-0.2, 0) is 19.4 Å². The van der Waals surface area contributed by atoms with Gasteiger partial charge in [-0.15, -0.1) is 0 Å². The summed E-state index contributed by atoms with van der Waals surface area (Å²) in [7, 11) is -3.27. The molecule has 0 fully saturated rings. The summed E-state index contributed by atoms with van der Waals surface area (Å²) in [5.41, 5.74) is 6.44. The van der Waals surface area contributed by atoms with Gasteiger partial charge < -0.3 is 16.2 Å². The average molecular weight is 314 g/mol. The first-order chi connectivity index (χ1) is 9.76. The van der Waals surface area contributed by atoms with Gasteiger partial charge >= 0.3 is 5.97 Å². The quantitative estimate of drug-likeness (QED) is 0.653. The Morgan fingerprint density at radius 2 is 1.86 bits per heavy atom. The minimum Gasteiger partial charge on any atom is -0.480 e. The van der Waals surface area contributed by atoms with Crippen molar-refractivity contribution in [3.05, 3.63) is 29.8 Å². The van der Waals surface area contributed by atoms with E-state index in [0.29, 0.717) is 5.56 Å². The van der Waals surface area contributed by atoms with Crippen LogP contribution in [0.5, 0.6) is 0 Å². The van der Waals surface area contributed by atoms with Crippen molar-refractivity contribution in [2.75, 3.05) is 12.3 Å². The highest BCUT2D eigenvalue weighted by Crippen LogP contribution is 2.18. The van der Waals surface area contributed by atoms with E-state index >= 15 is 0 Å². The number of aliphatic carboxylic acids is 1. The molecule has 0 unspecified atom stereocenters. The lowest BCUT2D eigenvalue weighted by atomic mass is 10.0. The van der Waals surface area contributed by atoms with Gasteiger partial charge in [0.25, 0.3) is 0 Å². The Balaban J connectivity index is 2.69. The lowest BCUT2D eigenvalue weighted by Crippen LogP contribution is -2.31. The summed E-state index contributed by atoms with van der Waals surface area (Å²) in [5.74, 6) is -1.60. The number of nitrogens with one attached hydrogen (secondary N) is 1. The monoisotopic (exact) mass is 314 g/mol. The SMILES string of the molecule is CCS(=O)(=O)c1ccc([C@@H](N)CC(=O)NCC(=O)O)cc1. The number of rotatable bonds is 7. The van der Waals surface area contributed by atoms with Crippen LogP contribution in [0.3, 0.4) is 0 Å². The van der Waals surface area contributed by atoms with Gasteiger partial charge in [0.1, 0.15) is 6.54 Å². The zero-order valence-corrected chi connectivity index (χ0v) is 12.4. The molecule has 7 nitrogen and oxygen atoms in total. The molecule has 1 aromatic rings. The predicted octanol–water partition coefficient (Wildman–Crippen LogP) is 0.0709. The van der Waals surface area contributed by atoms with E-state index in [1.54, 1.807) is 19.1 Å². The topological polar surface area (TPSA) is 127 Å². The second kappa shape index (κ2) is 7.19. The fraction of sp³-hybridized carbons (Fsp3) is 0.385. The zero-order valence-electron chi connectivity index (χ0n) is 11.6. The van der Waals surface area contributed by atoms with Crippen molar-refractivity contribution in [1.29, 1.82) is 0 Å². The van der Waals surface area contributed by atoms with Gasteiger partial charge in [0, 0.05) is 12.5 Å². The Bertz CT molecular complexity index is 610. The van der Waals surface area contributed by atoms with Crippen LogP contribution >= 0.6 is 0 Å². The summed E-state index contributed by atoms with van der Waals surface area (Å²) in [6.45, 7) is 1.10. The smallest absolute Gasteiger partial charge is 0.322 e. The van der Waals surface area contributed by atoms with Crippen molar-refractivity contribution in [2.45, 2.75) is 24.3 Å². The van der Waals surface area contributed by atoms with Crippen LogP contribution < -0.4 is 11.1 Å². The fourth-order valence-corrected chi connectivity index (χ4v) is 2.54. The van der Waals surface area contributed by atoms with Crippen LogP contribution in [-0.4, -0.2) is 37.7 Å². The van der Waals surface area contributed by atoms with Gasteiger partial charge in [0.15, 0.2) is 9.84 Å². The third-order valence-electron chi connectivity index (χ3n) is 2.89. The van der Waals surface area contributed by atoms with Crippen LogP contribution in [0.1, 0.15) is 24.9 Å². The molecule has 8 heteroatoms. The average Bonchev–Trinajstić information content (AvgIpc) is 2.45. The van der Waals surface area contributed by atoms with Crippen molar-refractivity contribution in [2.24, 2.45) is 5.73 Å². The van der Waals surface area contributed by atoms with E-state index in [9.17, 15) is 18.0 Å². The molecule has 0 saturated carbocycles. The first-order valence-corrected chi connectivity index (χ1v) is 7.98. The van der Waals surface area contributed by atoms with E-state index in [1.807, 2.05) is 0 Å². The molecule has 0 aliphatic carbocycles. The molecule has 116 valence electrons. The molecule has 0 heterocycles. The van der Waals surface area contributed by atoms with Crippen molar-refractivity contribution in [1.82, 2.24) is 5.32 Å². The Morgan fingerprint density at radius 1 is 1.29 bits per heavy atom. The normalized spacial score (nSPS) is 12.7. The Morgan fingerprint density at radius 3 is 2.33 bits per heavy atom. The molecule has 0 aromatic heterocycles. The van der Waals surface area contributed by atoms with Crippen molar-refractivity contribution in [3.63, 3.8) is 0 Å². The van der Waals surface area contributed by atoms with Gasteiger partial charge in [-0.1, -0.05) is 19.1 Å². The minimum absolute atomic E-state index is 0.00992. The molecule has 1 aromatic carbocycles. The summed E-state index contributed by atoms with van der Waals surface area (Å²) < 4.78 is 23.3. The van der Waals surface area contributed by atoms with Gasteiger partial charge in [0.05, 0.1) is 10.6 Å². The van der Waals surface area contributed by atoms with Crippen LogP contribution in [0.4, 0.5) is 0 Å². The van der Waals surface area contributed by atoms with E-state index < -0.39 is 34.3 Å². The Labute approximate surface area is 123 Å². The van der Waals surface area contributed by atoms with Gasteiger partial charge in [-0.2, -0.15) is 0 Å². The second-order valence-electron chi connectivity index (χ2n) is 4.45. The number of hydrogen-bond acceptors (Lipinski definition) is 5. The summed E-state index contributed by atoms with van der Waals surface area (Å²) in [5, 5.41) is 10.7. The molecule has 0 aliphatic heterocycles. The van der Waals surface area contributed by atoms with E-state index in [1.165, 1.54) is 12.1 Å². The van der Waals surface area contributed by atoms with E-state index in [-0.39, 0.29) is 17.1 Å². The molecule has 0 bridgehead atoms. The maximum atomic E-state index is 11.7. The first kappa shape index (κ1) is 17.1. The second-order valence-corrected chi connectivity index (χ2v) is 6.73. The predicted molar refractivity (Wildman–Crippen MR) is 76.4 cm³/mol. The Hall–Kier alpha value is -1.93. The lowest BCUT2D eigenvalue weighted by molar-refractivity contribution is -0.138. The summed E-state index contributed by atoms with van der Waals surface area (Å²) in [4.78, 5) is 22.0. The number of sulfone groups is 1. The summed E-state index contributed by atoms with van der Waals surface area (Å²) in [6.07, 6.45) is -0.0762. The summed E-state index contributed by atoms with van der Waals surface area (Å²) >= 11 is 0. The van der Waals surface area contributed by atoms with Crippen molar-refractivity contribution >= 4 is 21.7 Å². The van der Waals surface area contributed by atoms with E-state index in [0.717, 1.165) is 0 Å². The number of hydrogen-bond donors (Lipinski definition) is 3. The highest BCUT2D eigenvalue weighted by molar-refractivity contribution is 7.91. The third kappa shape index (κ3) is 5.16. The number of amides is 1. The number of carbonyl (C=O) groups excluding carboxylic acids is 1. The molecule has 0 saturated heterocycles. The zero-order chi connectivity index (χ0) is 16.0. The van der Waals surface area contributed by atoms with Gasteiger partial charge in [0.2, 0.25) is 5.91 Å².